The molecule has 1 unspecified atom stereocenters. The van der Waals surface area contributed by atoms with Gasteiger partial charge in [-0.2, -0.15) is 0 Å². The highest BCUT2D eigenvalue weighted by Crippen LogP contribution is 2.58. The van der Waals surface area contributed by atoms with Gasteiger partial charge in [-0.25, -0.2) is 0 Å². The van der Waals surface area contributed by atoms with Crippen LogP contribution in [0.25, 0.3) is 0 Å². The van der Waals surface area contributed by atoms with Gasteiger partial charge in [0.2, 0.25) is 5.91 Å². The minimum atomic E-state index is -1.26. The summed E-state index contributed by atoms with van der Waals surface area (Å²) in [5, 5.41) is 2.09. The average molecular weight is 824 g/mol. The first-order valence-electron chi connectivity index (χ1n) is 18.3. The molecule has 286 valence electrons. The summed E-state index contributed by atoms with van der Waals surface area (Å²) in [5.74, 6) is -1.22. The highest BCUT2D eigenvalue weighted by molar-refractivity contribution is 6.55. The zero-order valence-corrected chi connectivity index (χ0v) is 34.0. The molecule has 10 nitrogen and oxygen atoms in total. The molecular formula is C41H39Cl4N5O5. The Morgan fingerprint density at radius 2 is 1.20 bits per heavy atom. The molecule has 4 aromatic rings. The molecule has 4 aromatic carbocycles. The largest absolute Gasteiger partial charge is 0.456 e. The zero-order chi connectivity index (χ0) is 39.5. The lowest BCUT2D eigenvalue weighted by molar-refractivity contribution is -0.124. The summed E-state index contributed by atoms with van der Waals surface area (Å²) in [7, 11) is 0. The number of benzene rings is 4. The van der Waals surface area contributed by atoms with E-state index in [0.717, 1.165) is 59.1 Å². The van der Waals surface area contributed by atoms with Gasteiger partial charge in [0.15, 0.2) is 0 Å². The van der Waals surface area contributed by atoms with Gasteiger partial charge in [-0.15, -0.1) is 0 Å². The third kappa shape index (κ3) is 5.83. The lowest BCUT2D eigenvalue weighted by Gasteiger charge is -2.45. The number of rotatable bonds is 11. The van der Waals surface area contributed by atoms with Crippen LogP contribution in [0, 0.1) is 0 Å². The SMILES string of the molecule is CCN(CC)c1ccc2c(c1)Oc1cc(N(CC)CC)ccc1C21c2ccccc2C(=O)N1CCNC(=O)C(C)N1C(=O)c2c(Cl)c(Cl)c(Cl)c(Cl)c2C1=O. The second kappa shape index (κ2) is 14.9. The van der Waals surface area contributed by atoms with Crippen molar-refractivity contribution < 1.29 is 23.9 Å². The molecule has 4 amide bonds. The first kappa shape index (κ1) is 38.8. The Kier molecular flexibility index (Phi) is 10.5. The summed E-state index contributed by atoms with van der Waals surface area (Å²) >= 11 is 25.0. The third-order valence-electron chi connectivity index (χ3n) is 10.9. The van der Waals surface area contributed by atoms with Gasteiger partial charge in [0, 0.05) is 79.5 Å². The number of nitrogens with zero attached hydrogens (tertiary/aromatic N) is 4. The number of fused-ring (bicyclic) bond motifs is 7. The van der Waals surface area contributed by atoms with Crippen molar-refractivity contribution in [1.29, 1.82) is 0 Å². The molecule has 0 saturated heterocycles. The molecule has 3 aliphatic rings. The normalized spacial score (nSPS) is 15.4. The van der Waals surface area contributed by atoms with Crippen LogP contribution in [0.4, 0.5) is 11.4 Å². The lowest BCUT2D eigenvalue weighted by Crippen LogP contribution is -2.52. The number of amides is 4. The first-order chi connectivity index (χ1) is 26.4. The molecule has 1 N–H and O–H groups in total. The van der Waals surface area contributed by atoms with Crippen molar-refractivity contribution in [2.75, 3.05) is 49.1 Å². The maximum absolute atomic E-state index is 14.6. The molecule has 1 spiro atoms. The van der Waals surface area contributed by atoms with Crippen LogP contribution >= 0.6 is 46.4 Å². The summed E-state index contributed by atoms with van der Waals surface area (Å²) in [5.41, 5.74) is 3.39. The van der Waals surface area contributed by atoms with E-state index in [9.17, 15) is 19.2 Å². The van der Waals surface area contributed by atoms with Crippen molar-refractivity contribution >= 4 is 81.4 Å². The fourth-order valence-electron chi connectivity index (χ4n) is 8.18. The van der Waals surface area contributed by atoms with Crippen LogP contribution in [0.5, 0.6) is 11.5 Å². The molecule has 1 atom stereocenters. The molecule has 3 aliphatic heterocycles. The Hall–Kier alpha value is -4.48. The average Bonchev–Trinajstić information content (AvgIpc) is 3.59. The highest BCUT2D eigenvalue weighted by atomic mass is 35.5. The van der Waals surface area contributed by atoms with Gasteiger partial charge in [-0.05, 0) is 58.4 Å². The second-order valence-corrected chi connectivity index (χ2v) is 15.0. The zero-order valence-electron chi connectivity index (χ0n) is 30.9. The summed E-state index contributed by atoms with van der Waals surface area (Å²) in [6.07, 6.45) is 0. The fourth-order valence-corrected chi connectivity index (χ4v) is 9.19. The van der Waals surface area contributed by atoms with E-state index >= 15 is 0 Å². The van der Waals surface area contributed by atoms with Crippen LogP contribution in [0.2, 0.25) is 20.1 Å². The number of hydrogen-bond acceptors (Lipinski definition) is 7. The second-order valence-electron chi connectivity index (χ2n) is 13.5. The monoisotopic (exact) mass is 821 g/mol. The van der Waals surface area contributed by atoms with Gasteiger partial charge in [0.25, 0.3) is 17.7 Å². The number of halogens is 4. The van der Waals surface area contributed by atoms with E-state index in [2.05, 4.69) is 54.9 Å². The van der Waals surface area contributed by atoms with E-state index in [0.29, 0.717) is 17.1 Å². The molecule has 7 rings (SSSR count). The van der Waals surface area contributed by atoms with Crippen molar-refractivity contribution in [1.82, 2.24) is 15.1 Å². The first-order valence-corrected chi connectivity index (χ1v) is 19.8. The number of anilines is 2. The van der Waals surface area contributed by atoms with Gasteiger partial charge in [0.05, 0.1) is 31.2 Å². The Balaban J connectivity index is 1.26. The van der Waals surface area contributed by atoms with E-state index in [-0.39, 0.29) is 50.2 Å². The van der Waals surface area contributed by atoms with Crippen molar-refractivity contribution in [2.45, 2.75) is 46.2 Å². The van der Waals surface area contributed by atoms with Crippen molar-refractivity contribution in [3.05, 3.63) is 114 Å². The standard InChI is InChI=1S/C41H39Cl4N5O5/c1-6-47(7-2)23-14-16-27-29(20-23)55-30-21-24(48(8-3)9-4)15-17-28(30)41(27)26-13-11-10-12-25(26)38(52)49(41)19-18-46-37(51)22(5)50-39(53)31-32(40(50)54)34(43)36(45)35(44)33(31)42/h10-17,20-22H,6-9,18-19H2,1-5H3,(H,46,51). The predicted octanol–water partition coefficient (Wildman–Crippen LogP) is 8.65. The summed E-state index contributed by atoms with van der Waals surface area (Å²) in [6, 6.07) is 18.5. The van der Waals surface area contributed by atoms with Crippen LogP contribution in [-0.4, -0.2) is 78.7 Å². The Bertz CT molecular complexity index is 2170. The van der Waals surface area contributed by atoms with Crippen LogP contribution < -0.4 is 19.9 Å². The number of ether oxygens (including phenoxy) is 1. The molecule has 55 heavy (non-hydrogen) atoms. The summed E-state index contributed by atoms with van der Waals surface area (Å²) in [6.45, 7) is 13.1. The minimum Gasteiger partial charge on any atom is -0.456 e. The van der Waals surface area contributed by atoms with Crippen LogP contribution in [0.1, 0.15) is 82.4 Å². The fraction of sp³-hybridized carbons (Fsp3) is 0.317. The number of imide groups is 1. The Morgan fingerprint density at radius 3 is 1.69 bits per heavy atom. The van der Waals surface area contributed by atoms with Crippen molar-refractivity contribution in [3.8, 4) is 11.5 Å². The van der Waals surface area contributed by atoms with Gasteiger partial charge in [0.1, 0.15) is 23.1 Å². The number of hydrogen-bond donors (Lipinski definition) is 1. The van der Waals surface area contributed by atoms with E-state index in [1.807, 2.05) is 48.5 Å². The molecule has 0 radical (unpaired) electrons. The number of nitrogens with one attached hydrogen (secondary N) is 1. The summed E-state index contributed by atoms with van der Waals surface area (Å²) in [4.78, 5) is 62.3. The summed E-state index contributed by atoms with van der Waals surface area (Å²) < 4.78 is 6.77. The molecule has 14 heteroatoms. The molecule has 0 bridgehead atoms. The maximum atomic E-state index is 14.6. The lowest BCUT2D eigenvalue weighted by atomic mass is 9.74. The Morgan fingerprint density at radius 1 is 0.709 bits per heavy atom. The molecule has 3 heterocycles. The highest BCUT2D eigenvalue weighted by Gasteiger charge is 2.56. The van der Waals surface area contributed by atoms with Crippen LogP contribution in [0.3, 0.4) is 0 Å². The third-order valence-corrected chi connectivity index (χ3v) is 12.7. The van der Waals surface area contributed by atoms with E-state index in [4.69, 9.17) is 51.1 Å². The Labute approximate surface area is 339 Å². The topological polar surface area (TPSA) is 102 Å². The van der Waals surface area contributed by atoms with E-state index < -0.39 is 29.3 Å². The van der Waals surface area contributed by atoms with Gasteiger partial charge < -0.3 is 24.8 Å². The smallest absolute Gasteiger partial charge is 0.263 e. The van der Waals surface area contributed by atoms with Gasteiger partial charge >= 0.3 is 0 Å². The van der Waals surface area contributed by atoms with Crippen LogP contribution in [0.15, 0.2) is 60.7 Å². The predicted molar refractivity (Wildman–Crippen MR) is 217 cm³/mol. The van der Waals surface area contributed by atoms with Gasteiger partial charge in [-0.3, -0.25) is 24.1 Å². The molecule has 0 aliphatic carbocycles. The minimum absolute atomic E-state index is 0.00637. The quantitative estimate of drug-likeness (QED) is 0.0919. The van der Waals surface area contributed by atoms with E-state index in [1.165, 1.54) is 6.92 Å². The molecule has 0 fully saturated rings. The van der Waals surface area contributed by atoms with E-state index in [1.54, 1.807) is 4.90 Å². The maximum Gasteiger partial charge on any atom is 0.263 e. The number of carbonyl (C=O) groups excluding carboxylic acids is 4. The molecular weight excluding hydrogens is 784 g/mol. The van der Waals surface area contributed by atoms with Crippen molar-refractivity contribution in [3.63, 3.8) is 0 Å². The molecule has 0 saturated carbocycles. The van der Waals surface area contributed by atoms with Crippen LogP contribution in [-0.2, 0) is 10.3 Å². The van der Waals surface area contributed by atoms with Crippen molar-refractivity contribution in [2.24, 2.45) is 0 Å². The van der Waals surface area contributed by atoms with Gasteiger partial charge in [-0.1, -0.05) is 76.7 Å². The molecule has 0 aromatic heterocycles. The number of carbonyl (C=O) groups is 4.